The Hall–Kier alpha value is -0.160. The molecule has 0 heterocycles. The highest BCUT2D eigenvalue weighted by Gasteiger charge is 2.02. The van der Waals surface area contributed by atoms with Crippen molar-refractivity contribution in [2.75, 3.05) is 54.9 Å². The zero-order chi connectivity index (χ0) is 9.40. The first-order valence-corrected chi connectivity index (χ1v) is 4.05. The van der Waals surface area contributed by atoms with E-state index in [1.807, 2.05) is 0 Å². The van der Waals surface area contributed by atoms with Gasteiger partial charge in [0.2, 0.25) is 0 Å². The Bertz CT molecular complexity index is 93.1. The molecule has 0 saturated heterocycles. The molecule has 0 aliphatic rings. The zero-order valence-electron chi connectivity index (χ0n) is 8.54. The van der Waals surface area contributed by atoms with E-state index < -0.39 is 0 Å². The van der Waals surface area contributed by atoms with Crippen LogP contribution in [0.3, 0.4) is 0 Å². The molecule has 0 aliphatic carbocycles. The van der Waals surface area contributed by atoms with Gasteiger partial charge >= 0.3 is 0 Å². The van der Waals surface area contributed by atoms with Gasteiger partial charge in [-0.2, -0.15) is 0 Å². The number of hydrogen-bond donors (Lipinski definition) is 0. The van der Waals surface area contributed by atoms with E-state index in [2.05, 4.69) is 23.9 Å². The van der Waals surface area contributed by atoms with Crippen molar-refractivity contribution in [1.29, 1.82) is 0 Å². The fourth-order valence-corrected chi connectivity index (χ4v) is 0.873. The van der Waals surface area contributed by atoms with Crippen LogP contribution in [0.2, 0.25) is 0 Å². The highest BCUT2D eigenvalue weighted by Crippen LogP contribution is 1.89. The molecule has 0 aromatic heterocycles. The summed E-state index contributed by atoms with van der Waals surface area (Å²) in [5.41, 5.74) is 0. The van der Waals surface area contributed by atoms with Crippen molar-refractivity contribution in [3.63, 3.8) is 0 Å². The second-order valence-corrected chi connectivity index (χ2v) is 3.03. The minimum Gasteiger partial charge on any atom is -0.369 e. The van der Waals surface area contributed by atoms with Gasteiger partial charge in [-0.15, -0.1) is 0 Å². The lowest BCUT2D eigenvalue weighted by atomic mass is 10.5. The topological polar surface area (TPSA) is 24.9 Å². The van der Waals surface area contributed by atoms with Crippen molar-refractivity contribution in [1.82, 2.24) is 9.80 Å². The first-order valence-electron chi connectivity index (χ1n) is 4.05. The molecular weight excluding hydrogens is 156 g/mol. The Balaban J connectivity index is 3.48. The number of rotatable bonds is 7. The van der Waals surface area contributed by atoms with Crippen LogP contribution in [0, 0.1) is 0 Å². The van der Waals surface area contributed by atoms with Gasteiger partial charge in [-0.25, -0.2) is 0 Å². The highest BCUT2D eigenvalue weighted by molar-refractivity contribution is 4.50. The van der Waals surface area contributed by atoms with E-state index in [-0.39, 0.29) is 0 Å². The molecule has 0 aromatic carbocycles. The maximum absolute atomic E-state index is 5.02. The van der Waals surface area contributed by atoms with E-state index in [9.17, 15) is 0 Å². The van der Waals surface area contributed by atoms with Crippen molar-refractivity contribution in [2.45, 2.75) is 0 Å². The van der Waals surface area contributed by atoms with Crippen LogP contribution < -0.4 is 0 Å². The average Bonchev–Trinajstić information content (AvgIpc) is 2.01. The molecule has 0 bridgehead atoms. The third-order valence-corrected chi connectivity index (χ3v) is 1.49. The van der Waals surface area contributed by atoms with Crippen molar-refractivity contribution >= 4 is 0 Å². The number of likely N-dealkylation sites (N-methyl/N-ethyl adjacent to an activating group) is 1. The number of ether oxygens (including phenoxy) is 2. The number of hydrogen-bond acceptors (Lipinski definition) is 4. The van der Waals surface area contributed by atoms with Crippen LogP contribution in [0.4, 0.5) is 0 Å². The fraction of sp³-hybridized carbons (Fsp3) is 1.00. The van der Waals surface area contributed by atoms with E-state index >= 15 is 0 Å². The van der Waals surface area contributed by atoms with Crippen molar-refractivity contribution < 1.29 is 9.47 Å². The number of methoxy groups -OCH3 is 2. The number of nitrogens with zero attached hydrogens (tertiary/aromatic N) is 2. The quantitative estimate of drug-likeness (QED) is 0.512. The molecule has 0 N–H and O–H groups in total. The van der Waals surface area contributed by atoms with Gasteiger partial charge < -0.3 is 14.4 Å². The molecule has 0 rings (SSSR count). The molecule has 4 nitrogen and oxygen atoms in total. The van der Waals surface area contributed by atoms with Crippen LogP contribution in [0.15, 0.2) is 0 Å². The Morgan fingerprint density at radius 3 is 1.75 bits per heavy atom. The Labute approximate surface area is 75.0 Å². The van der Waals surface area contributed by atoms with Crippen LogP contribution in [-0.2, 0) is 9.47 Å². The summed E-state index contributed by atoms with van der Waals surface area (Å²) in [6, 6.07) is 0. The Morgan fingerprint density at radius 1 is 0.917 bits per heavy atom. The van der Waals surface area contributed by atoms with Gasteiger partial charge in [0.05, 0.1) is 0 Å². The zero-order valence-corrected chi connectivity index (χ0v) is 8.54. The van der Waals surface area contributed by atoms with Crippen molar-refractivity contribution in [3.05, 3.63) is 0 Å². The predicted octanol–water partition coefficient (Wildman–Crippen LogP) is 0.0578. The molecular formula is C8H20N2O2. The van der Waals surface area contributed by atoms with Crippen molar-refractivity contribution in [2.24, 2.45) is 0 Å². The molecule has 0 atom stereocenters. The van der Waals surface area contributed by atoms with E-state index in [1.165, 1.54) is 0 Å². The Morgan fingerprint density at radius 2 is 1.42 bits per heavy atom. The molecule has 0 unspecified atom stereocenters. The smallest absolute Gasteiger partial charge is 0.100 e. The molecule has 74 valence electrons. The third-order valence-electron chi connectivity index (χ3n) is 1.49. The second kappa shape index (κ2) is 7.49. The maximum atomic E-state index is 5.02. The largest absolute Gasteiger partial charge is 0.369 e. The highest BCUT2D eigenvalue weighted by atomic mass is 16.5. The summed E-state index contributed by atoms with van der Waals surface area (Å²) in [4.78, 5) is 4.23. The van der Waals surface area contributed by atoms with E-state index in [1.54, 1.807) is 14.2 Å². The monoisotopic (exact) mass is 176 g/mol. The van der Waals surface area contributed by atoms with Gasteiger partial charge in [0.25, 0.3) is 0 Å². The normalized spacial score (nSPS) is 11.5. The standard InChI is InChI=1S/C8H20N2O2/c1-9(2)5-6-10(7-11-3)8-12-4/h5-8H2,1-4H3. The fourth-order valence-electron chi connectivity index (χ4n) is 0.873. The molecule has 0 amide bonds. The molecule has 0 saturated carbocycles. The molecule has 0 aromatic rings. The minimum atomic E-state index is 0.627. The van der Waals surface area contributed by atoms with Gasteiger partial charge in [0, 0.05) is 27.3 Å². The molecule has 0 fully saturated rings. The lowest BCUT2D eigenvalue weighted by molar-refractivity contribution is -0.0157. The Kier molecular flexibility index (Phi) is 7.39. The van der Waals surface area contributed by atoms with Gasteiger partial charge in [0.1, 0.15) is 13.5 Å². The molecule has 0 spiro atoms. The summed E-state index contributed by atoms with van der Waals surface area (Å²) in [5, 5.41) is 0. The van der Waals surface area contributed by atoms with E-state index in [0.717, 1.165) is 13.1 Å². The predicted molar refractivity (Wildman–Crippen MR) is 49.0 cm³/mol. The van der Waals surface area contributed by atoms with Crippen molar-refractivity contribution in [3.8, 4) is 0 Å². The third kappa shape index (κ3) is 6.54. The van der Waals surface area contributed by atoms with E-state index in [4.69, 9.17) is 9.47 Å². The second-order valence-electron chi connectivity index (χ2n) is 3.03. The molecule has 4 heteroatoms. The SMILES string of the molecule is COCN(CCN(C)C)COC. The summed E-state index contributed by atoms with van der Waals surface area (Å²) in [5.74, 6) is 0. The van der Waals surface area contributed by atoms with Gasteiger partial charge in [-0.1, -0.05) is 0 Å². The first-order chi connectivity index (χ1) is 5.70. The molecule has 0 radical (unpaired) electrons. The van der Waals surface area contributed by atoms with Gasteiger partial charge in [-0.05, 0) is 14.1 Å². The van der Waals surface area contributed by atoms with Crippen LogP contribution >= 0.6 is 0 Å². The molecule has 0 aliphatic heterocycles. The first kappa shape index (κ1) is 11.8. The molecule has 12 heavy (non-hydrogen) atoms. The minimum absolute atomic E-state index is 0.627. The summed E-state index contributed by atoms with van der Waals surface area (Å²) in [7, 11) is 7.49. The van der Waals surface area contributed by atoms with Gasteiger partial charge in [-0.3, -0.25) is 4.90 Å². The van der Waals surface area contributed by atoms with Crippen LogP contribution in [-0.4, -0.2) is 64.7 Å². The van der Waals surface area contributed by atoms with Crippen LogP contribution in [0.25, 0.3) is 0 Å². The van der Waals surface area contributed by atoms with Gasteiger partial charge in [0.15, 0.2) is 0 Å². The summed E-state index contributed by atoms with van der Waals surface area (Å²) >= 11 is 0. The average molecular weight is 176 g/mol. The summed E-state index contributed by atoms with van der Waals surface area (Å²) in [6.07, 6.45) is 0. The van der Waals surface area contributed by atoms with Crippen LogP contribution in [0.1, 0.15) is 0 Å². The summed E-state index contributed by atoms with van der Waals surface area (Å²) in [6.45, 7) is 3.24. The van der Waals surface area contributed by atoms with Crippen LogP contribution in [0.5, 0.6) is 0 Å². The summed E-state index contributed by atoms with van der Waals surface area (Å²) < 4.78 is 10.0. The maximum Gasteiger partial charge on any atom is 0.100 e. The lowest BCUT2D eigenvalue weighted by Gasteiger charge is -2.21. The van der Waals surface area contributed by atoms with E-state index in [0.29, 0.717) is 13.5 Å². The lowest BCUT2D eigenvalue weighted by Crippen LogP contribution is -2.34.